The molecule has 162 valence electrons. The molecule has 0 aliphatic carbocycles. The van der Waals surface area contributed by atoms with Gasteiger partial charge in [0.25, 0.3) is 0 Å². The van der Waals surface area contributed by atoms with Gasteiger partial charge in [0, 0.05) is 32.9 Å². The monoisotopic (exact) mass is 533 g/mol. The molecule has 0 fully saturated rings. The smallest absolute Gasteiger partial charge is 0.244 e. The third-order valence-corrected chi connectivity index (χ3v) is 8.04. The van der Waals surface area contributed by atoms with E-state index in [9.17, 15) is 8.42 Å². The molecule has 7 nitrogen and oxygen atoms in total. The summed E-state index contributed by atoms with van der Waals surface area (Å²) in [6.07, 6.45) is 0. The molecule has 1 N–H and O–H groups in total. The molecule has 4 rings (SSSR count). The maximum absolute atomic E-state index is 12.6. The van der Waals surface area contributed by atoms with Gasteiger partial charge in [0.1, 0.15) is 4.90 Å². The Morgan fingerprint density at radius 1 is 1.17 bits per heavy atom. The minimum atomic E-state index is -3.64. The van der Waals surface area contributed by atoms with Gasteiger partial charge in [-0.2, -0.15) is 0 Å². The summed E-state index contributed by atoms with van der Waals surface area (Å²) in [4.78, 5) is 2.14. The molecule has 2 aliphatic rings. The van der Waals surface area contributed by atoms with Crippen molar-refractivity contribution in [2.75, 3.05) is 33.3 Å². The lowest BCUT2D eigenvalue weighted by atomic mass is 10.1. The van der Waals surface area contributed by atoms with Gasteiger partial charge in [-0.15, -0.1) is 17.0 Å². The van der Waals surface area contributed by atoms with E-state index in [-0.39, 0.29) is 39.2 Å². The Hall–Kier alpha value is -1.59. The highest BCUT2D eigenvalue weighted by Gasteiger charge is 2.27. The van der Waals surface area contributed by atoms with Crippen molar-refractivity contribution in [3.05, 3.63) is 52.4 Å². The van der Waals surface area contributed by atoms with Crippen LogP contribution in [0.3, 0.4) is 0 Å². The molecule has 0 saturated heterocycles. The van der Waals surface area contributed by atoms with Crippen LogP contribution >= 0.6 is 40.3 Å². The summed E-state index contributed by atoms with van der Waals surface area (Å²) in [5.74, 6) is 1.45. The summed E-state index contributed by atoms with van der Waals surface area (Å²) in [5, 5.41) is 5.64. The molecule has 2 aromatic carbocycles. The lowest BCUT2D eigenvalue weighted by Gasteiger charge is -2.26. The molecule has 1 unspecified atom stereocenters. The zero-order chi connectivity index (χ0) is 20.8. The fraction of sp³-hybridized carbons (Fsp3) is 0.263. The van der Waals surface area contributed by atoms with Gasteiger partial charge in [0.05, 0.1) is 10.7 Å². The van der Waals surface area contributed by atoms with Crippen molar-refractivity contribution >= 4 is 61.8 Å². The van der Waals surface area contributed by atoms with Crippen LogP contribution in [0.5, 0.6) is 11.5 Å². The molecular formula is C19H21BrClN3O4S2. The first-order valence-electron chi connectivity index (χ1n) is 8.74. The highest BCUT2D eigenvalue weighted by atomic mass is 79.9. The fourth-order valence-electron chi connectivity index (χ4n) is 3.02. The second-order valence-corrected chi connectivity index (χ2v) is 10.2. The molecule has 0 amide bonds. The van der Waals surface area contributed by atoms with E-state index in [0.717, 1.165) is 27.0 Å². The van der Waals surface area contributed by atoms with Crippen molar-refractivity contribution in [2.45, 2.75) is 10.4 Å². The summed E-state index contributed by atoms with van der Waals surface area (Å²) in [5.41, 5.74) is 2.52. The van der Waals surface area contributed by atoms with Gasteiger partial charge in [0.15, 0.2) is 17.0 Å². The molecule has 0 saturated carbocycles. The van der Waals surface area contributed by atoms with Crippen molar-refractivity contribution < 1.29 is 17.9 Å². The van der Waals surface area contributed by atoms with Crippen molar-refractivity contribution in [1.82, 2.24) is 9.21 Å². The van der Waals surface area contributed by atoms with Crippen molar-refractivity contribution in [2.24, 2.45) is 0 Å². The number of hydrogen-bond donors (Lipinski definition) is 1. The Balaban J connectivity index is 0.00000256. The first-order chi connectivity index (χ1) is 13.8. The van der Waals surface area contributed by atoms with E-state index < -0.39 is 10.0 Å². The maximum atomic E-state index is 12.6. The summed E-state index contributed by atoms with van der Waals surface area (Å²) in [6.45, 7) is 0.233. The number of sulfonamides is 1. The van der Waals surface area contributed by atoms with E-state index >= 15 is 0 Å². The predicted octanol–water partition coefficient (Wildman–Crippen LogP) is 4.27. The van der Waals surface area contributed by atoms with Crippen molar-refractivity contribution in [1.29, 1.82) is 0 Å². The van der Waals surface area contributed by atoms with Gasteiger partial charge in [0.2, 0.25) is 16.8 Å². The lowest BCUT2D eigenvalue weighted by molar-refractivity contribution is 0.174. The SMILES string of the molecule is Br.CN1C(c2ccc(Cl)c(S(=O)(=O)N(C)C)c2)=CSC1Nc1ccc2c(c1)OCO2. The van der Waals surface area contributed by atoms with Crippen LogP contribution < -0.4 is 14.8 Å². The largest absolute Gasteiger partial charge is 0.454 e. The minimum Gasteiger partial charge on any atom is -0.454 e. The molecule has 11 heteroatoms. The number of nitrogens with one attached hydrogen (secondary N) is 1. The third kappa shape index (κ3) is 4.24. The third-order valence-electron chi connectivity index (χ3n) is 4.69. The molecule has 2 aliphatic heterocycles. The number of rotatable bonds is 5. The first-order valence-corrected chi connectivity index (χ1v) is 11.5. The molecule has 30 heavy (non-hydrogen) atoms. The van der Waals surface area contributed by atoms with E-state index in [1.54, 1.807) is 23.9 Å². The normalized spacial score (nSPS) is 17.7. The maximum Gasteiger partial charge on any atom is 0.244 e. The van der Waals surface area contributed by atoms with Gasteiger partial charge < -0.3 is 19.7 Å². The number of thioether (sulfide) groups is 1. The van der Waals surface area contributed by atoms with Crippen LogP contribution in [-0.4, -0.2) is 51.1 Å². The molecule has 0 radical (unpaired) electrons. The van der Waals surface area contributed by atoms with Gasteiger partial charge in [-0.25, -0.2) is 12.7 Å². The highest BCUT2D eigenvalue weighted by Crippen LogP contribution is 2.39. The Labute approximate surface area is 195 Å². The quantitative estimate of drug-likeness (QED) is 0.614. The predicted molar refractivity (Wildman–Crippen MR) is 126 cm³/mol. The number of nitrogens with zero attached hydrogens (tertiary/aromatic N) is 2. The van der Waals surface area contributed by atoms with Crippen LogP contribution in [0.2, 0.25) is 5.02 Å². The number of halogens is 2. The Morgan fingerprint density at radius 3 is 2.63 bits per heavy atom. The van der Waals surface area contributed by atoms with E-state index in [2.05, 4.69) is 5.32 Å². The van der Waals surface area contributed by atoms with E-state index in [4.69, 9.17) is 21.1 Å². The van der Waals surface area contributed by atoms with Crippen LogP contribution in [0.4, 0.5) is 5.69 Å². The average Bonchev–Trinajstić information content (AvgIpc) is 3.29. The van der Waals surface area contributed by atoms with E-state index in [0.29, 0.717) is 5.75 Å². The zero-order valence-corrected chi connectivity index (χ0v) is 20.6. The second-order valence-electron chi connectivity index (χ2n) is 6.75. The van der Waals surface area contributed by atoms with Crippen LogP contribution in [0, 0.1) is 0 Å². The van der Waals surface area contributed by atoms with E-state index in [1.807, 2.05) is 41.6 Å². The number of fused-ring (bicyclic) bond motifs is 1. The summed E-state index contributed by atoms with van der Waals surface area (Å²) in [6, 6.07) is 10.8. The number of hydrogen-bond acceptors (Lipinski definition) is 7. The molecule has 0 spiro atoms. The Morgan fingerprint density at radius 2 is 1.90 bits per heavy atom. The molecule has 0 aromatic heterocycles. The molecule has 2 heterocycles. The lowest BCUT2D eigenvalue weighted by Crippen LogP contribution is -2.30. The van der Waals surface area contributed by atoms with Crippen molar-refractivity contribution in [3.63, 3.8) is 0 Å². The summed E-state index contributed by atoms with van der Waals surface area (Å²) in [7, 11) is 1.29. The number of ether oxygens (including phenoxy) is 2. The summed E-state index contributed by atoms with van der Waals surface area (Å²) < 4.78 is 37.1. The Kier molecular flexibility index (Phi) is 6.83. The van der Waals surface area contributed by atoms with Crippen molar-refractivity contribution in [3.8, 4) is 11.5 Å². The van der Waals surface area contributed by atoms with Gasteiger partial charge in [-0.1, -0.05) is 29.4 Å². The number of anilines is 1. The summed E-state index contributed by atoms with van der Waals surface area (Å²) >= 11 is 7.77. The first kappa shape index (κ1) is 23.1. The fourth-order valence-corrected chi connectivity index (χ4v) is 5.47. The average molecular weight is 535 g/mol. The zero-order valence-electron chi connectivity index (χ0n) is 16.5. The molecule has 2 aromatic rings. The topological polar surface area (TPSA) is 71.1 Å². The van der Waals surface area contributed by atoms with Crippen LogP contribution in [0.15, 0.2) is 46.7 Å². The van der Waals surface area contributed by atoms with E-state index in [1.165, 1.54) is 14.1 Å². The van der Waals surface area contributed by atoms with Crippen LogP contribution in [0.25, 0.3) is 5.70 Å². The molecule has 1 atom stereocenters. The van der Waals surface area contributed by atoms with Gasteiger partial charge >= 0.3 is 0 Å². The molecular weight excluding hydrogens is 514 g/mol. The highest BCUT2D eigenvalue weighted by molar-refractivity contribution is 8.93. The van der Waals surface area contributed by atoms with Gasteiger partial charge in [-0.3, -0.25) is 0 Å². The second kappa shape index (κ2) is 8.88. The molecule has 0 bridgehead atoms. The van der Waals surface area contributed by atoms with Crippen LogP contribution in [-0.2, 0) is 10.0 Å². The Bertz CT molecular complexity index is 1100. The standard InChI is InChI=1S/C19H20ClN3O4S2.BrH/c1-22(2)29(24,25)18-8-12(4-6-14(18)20)15-10-28-19(23(15)3)21-13-5-7-16-17(9-13)27-11-26-16;/h4-10,19,21H,11H2,1-3H3;1H. The minimum absolute atomic E-state index is 0. The van der Waals surface area contributed by atoms with Crippen LogP contribution in [0.1, 0.15) is 5.56 Å². The number of benzene rings is 2. The van der Waals surface area contributed by atoms with Gasteiger partial charge in [-0.05, 0) is 35.2 Å².